The van der Waals surface area contributed by atoms with Crippen molar-refractivity contribution in [2.75, 3.05) is 0 Å². The lowest BCUT2D eigenvalue weighted by Gasteiger charge is -1.87. The summed E-state index contributed by atoms with van der Waals surface area (Å²) in [5.74, 6) is 0. The maximum absolute atomic E-state index is 3.93. The van der Waals surface area contributed by atoms with E-state index in [9.17, 15) is 0 Å². The van der Waals surface area contributed by atoms with E-state index in [0.29, 0.717) is 0 Å². The first-order chi connectivity index (χ1) is 3.43. The first-order valence-electron chi connectivity index (χ1n) is 2.11. The number of aromatic nitrogens is 2. The van der Waals surface area contributed by atoms with Crippen molar-refractivity contribution in [2.24, 2.45) is 0 Å². The summed E-state index contributed by atoms with van der Waals surface area (Å²) in [5, 5.41) is 3.93. The van der Waals surface area contributed by atoms with E-state index in [4.69, 9.17) is 0 Å². The largest absolute Gasteiger partial charge is 0.269 e. The molecular formula is C4H8ClN2P. The van der Waals surface area contributed by atoms with Crippen molar-refractivity contribution in [2.45, 2.75) is 6.29 Å². The van der Waals surface area contributed by atoms with Gasteiger partial charge in [-0.25, -0.2) is 0 Å². The highest BCUT2D eigenvalue weighted by atomic mass is 35.5. The Labute approximate surface area is 56.9 Å². The van der Waals surface area contributed by atoms with Crippen LogP contribution in [0.5, 0.6) is 0 Å². The summed E-state index contributed by atoms with van der Waals surface area (Å²) >= 11 is 0. The summed E-state index contributed by atoms with van der Waals surface area (Å²) in [5.41, 5.74) is 0. The van der Waals surface area contributed by atoms with Crippen molar-refractivity contribution in [1.29, 1.82) is 0 Å². The molecule has 0 spiro atoms. The zero-order chi connectivity index (χ0) is 5.11. The molecule has 1 aromatic heterocycles. The van der Waals surface area contributed by atoms with Crippen molar-refractivity contribution in [3.63, 3.8) is 0 Å². The predicted molar refractivity (Wildman–Crippen MR) is 39.2 cm³/mol. The Hall–Kier alpha value is -0.0700. The van der Waals surface area contributed by atoms with Crippen LogP contribution in [-0.4, -0.2) is 9.78 Å². The van der Waals surface area contributed by atoms with Crippen LogP contribution in [0.1, 0.15) is 0 Å². The number of rotatable bonds is 1. The molecule has 0 bridgehead atoms. The number of nitrogens with zero attached hydrogens (tertiary/aromatic N) is 2. The Bertz CT molecular complexity index is 129. The molecule has 0 saturated heterocycles. The second-order valence-corrected chi connectivity index (χ2v) is 1.59. The fourth-order valence-corrected chi connectivity index (χ4v) is 0.624. The molecule has 2 nitrogen and oxygen atoms in total. The molecule has 0 amide bonds. The molecule has 1 atom stereocenters. The summed E-state index contributed by atoms with van der Waals surface area (Å²) in [7, 11) is 2.58. The minimum Gasteiger partial charge on any atom is -0.269 e. The Kier molecular flexibility index (Phi) is 3.84. The molecule has 0 saturated carbocycles. The van der Waals surface area contributed by atoms with E-state index in [1.807, 2.05) is 16.9 Å². The molecule has 0 N–H and O–H groups in total. The highest BCUT2D eigenvalue weighted by Crippen LogP contribution is 1.88. The highest BCUT2D eigenvalue weighted by Gasteiger charge is 1.77. The summed E-state index contributed by atoms with van der Waals surface area (Å²) < 4.78 is 1.84. The summed E-state index contributed by atoms with van der Waals surface area (Å²) in [6, 6.07) is 1.91. The molecule has 0 fully saturated rings. The van der Waals surface area contributed by atoms with E-state index in [0.717, 1.165) is 6.29 Å². The molecule has 0 aromatic carbocycles. The van der Waals surface area contributed by atoms with Crippen LogP contribution in [0.25, 0.3) is 0 Å². The Morgan fingerprint density at radius 2 is 2.38 bits per heavy atom. The van der Waals surface area contributed by atoms with E-state index in [1.54, 1.807) is 6.20 Å². The Morgan fingerprint density at radius 1 is 1.62 bits per heavy atom. The van der Waals surface area contributed by atoms with Crippen LogP contribution < -0.4 is 0 Å². The maximum atomic E-state index is 3.93. The maximum Gasteiger partial charge on any atom is 0.0547 e. The van der Waals surface area contributed by atoms with Gasteiger partial charge in [0, 0.05) is 12.4 Å². The van der Waals surface area contributed by atoms with E-state index < -0.39 is 0 Å². The van der Waals surface area contributed by atoms with Gasteiger partial charge in [0.1, 0.15) is 0 Å². The highest BCUT2D eigenvalue weighted by molar-refractivity contribution is 7.15. The van der Waals surface area contributed by atoms with Crippen LogP contribution in [-0.2, 0) is 6.29 Å². The topological polar surface area (TPSA) is 17.8 Å². The van der Waals surface area contributed by atoms with Gasteiger partial charge in [-0.1, -0.05) is 0 Å². The van der Waals surface area contributed by atoms with E-state index >= 15 is 0 Å². The average Bonchev–Trinajstić information content (AvgIpc) is 2.14. The van der Waals surface area contributed by atoms with E-state index in [-0.39, 0.29) is 12.4 Å². The summed E-state index contributed by atoms with van der Waals surface area (Å²) in [6.45, 7) is 0. The van der Waals surface area contributed by atoms with Crippen LogP contribution in [0.4, 0.5) is 0 Å². The van der Waals surface area contributed by atoms with Crippen LogP contribution in [0.3, 0.4) is 0 Å². The lowest BCUT2D eigenvalue weighted by molar-refractivity contribution is 0.751. The van der Waals surface area contributed by atoms with Gasteiger partial charge in [0.05, 0.1) is 6.29 Å². The fourth-order valence-electron chi connectivity index (χ4n) is 0.408. The molecule has 0 aliphatic rings. The van der Waals surface area contributed by atoms with Gasteiger partial charge in [0.25, 0.3) is 0 Å². The first-order valence-corrected chi connectivity index (χ1v) is 2.92. The minimum absolute atomic E-state index is 0. The number of hydrogen-bond acceptors (Lipinski definition) is 1. The second kappa shape index (κ2) is 3.88. The van der Waals surface area contributed by atoms with Crippen LogP contribution in [0, 0.1) is 0 Å². The van der Waals surface area contributed by atoms with Crippen LogP contribution >= 0.6 is 21.6 Å². The summed E-state index contributed by atoms with van der Waals surface area (Å²) in [4.78, 5) is 0. The van der Waals surface area contributed by atoms with Crippen molar-refractivity contribution in [3.05, 3.63) is 18.5 Å². The van der Waals surface area contributed by atoms with E-state index in [2.05, 4.69) is 14.3 Å². The fraction of sp³-hybridized carbons (Fsp3) is 0.250. The molecule has 1 aromatic rings. The van der Waals surface area contributed by atoms with Gasteiger partial charge >= 0.3 is 0 Å². The quantitative estimate of drug-likeness (QED) is 0.549. The lowest BCUT2D eigenvalue weighted by Crippen LogP contribution is -1.88. The molecular weight excluding hydrogens is 142 g/mol. The van der Waals surface area contributed by atoms with Crippen molar-refractivity contribution >= 4 is 21.6 Å². The molecule has 8 heavy (non-hydrogen) atoms. The summed E-state index contributed by atoms with van der Waals surface area (Å²) in [6.07, 6.45) is 4.57. The molecule has 0 radical (unpaired) electrons. The molecule has 0 aliphatic carbocycles. The van der Waals surface area contributed by atoms with Gasteiger partial charge in [-0.15, -0.1) is 21.6 Å². The average molecular weight is 151 g/mol. The molecule has 1 unspecified atom stereocenters. The van der Waals surface area contributed by atoms with Gasteiger partial charge in [-0.3, -0.25) is 4.68 Å². The third kappa shape index (κ3) is 1.81. The molecule has 1 rings (SSSR count). The number of halogens is 1. The standard InChI is InChI=1S/C4H7N2P.ClH/c7-4-6-3-1-2-5-6;/h1-3H,4,7H2;1H. The minimum atomic E-state index is 0. The molecule has 46 valence electrons. The van der Waals surface area contributed by atoms with Crippen molar-refractivity contribution in [3.8, 4) is 0 Å². The molecule has 0 aliphatic heterocycles. The third-order valence-corrected chi connectivity index (χ3v) is 1.12. The Balaban J connectivity index is 0.000000490. The molecule has 1 heterocycles. The van der Waals surface area contributed by atoms with Crippen molar-refractivity contribution in [1.82, 2.24) is 9.78 Å². The van der Waals surface area contributed by atoms with Crippen LogP contribution in [0.2, 0.25) is 0 Å². The Morgan fingerprint density at radius 3 is 2.62 bits per heavy atom. The van der Waals surface area contributed by atoms with E-state index in [1.165, 1.54) is 0 Å². The smallest absolute Gasteiger partial charge is 0.0547 e. The first kappa shape index (κ1) is 7.93. The second-order valence-electron chi connectivity index (χ2n) is 1.23. The molecule has 4 heteroatoms. The van der Waals surface area contributed by atoms with Crippen molar-refractivity contribution < 1.29 is 0 Å². The van der Waals surface area contributed by atoms with Gasteiger partial charge in [-0.2, -0.15) is 5.10 Å². The third-order valence-electron chi connectivity index (χ3n) is 0.746. The predicted octanol–water partition coefficient (Wildman–Crippen LogP) is 1.14. The number of hydrogen-bond donors (Lipinski definition) is 0. The zero-order valence-corrected chi connectivity index (χ0v) is 6.29. The monoisotopic (exact) mass is 150 g/mol. The normalized spacial score (nSPS) is 8.12. The zero-order valence-electron chi connectivity index (χ0n) is 4.32. The van der Waals surface area contributed by atoms with Gasteiger partial charge in [0.15, 0.2) is 0 Å². The van der Waals surface area contributed by atoms with Gasteiger partial charge in [-0.05, 0) is 6.07 Å². The van der Waals surface area contributed by atoms with Gasteiger partial charge in [0.2, 0.25) is 0 Å². The van der Waals surface area contributed by atoms with Gasteiger partial charge < -0.3 is 0 Å². The SMILES string of the molecule is Cl.PCn1cccn1. The van der Waals surface area contributed by atoms with Crippen LogP contribution in [0.15, 0.2) is 18.5 Å². The lowest BCUT2D eigenvalue weighted by atomic mass is 10.8.